The van der Waals surface area contributed by atoms with Crippen molar-refractivity contribution in [2.75, 3.05) is 0 Å². The van der Waals surface area contributed by atoms with Crippen molar-refractivity contribution in [3.8, 4) is 0 Å². The van der Waals surface area contributed by atoms with E-state index in [0.29, 0.717) is 16.6 Å². The Bertz CT molecular complexity index is 839. The van der Waals surface area contributed by atoms with Crippen molar-refractivity contribution in [2.24, 2.45) is 0 Å². The van der Waals surface area contributed by atoms with Gasteiger partial charge in [-0.3, -0.25) is 0 Å². The molecule has 0 radical (unpaired) electrons. The fourth-order valence-corrected chi connectivity index (χ4v) is 2.13. The van der Waals surface area contributed by atoms with Crippen molar-refractivity contribution in [3.05, 3.63) is 69.6 Å². The second kappa shape index (κ2) is 4.57. The second-order valence-electron chi connectivity index (χ2n) is 4.43. The Hall–Kier alpha value is -2.47. The van der Waals surface area contributed by atoms with Crippen molar-refractivity contribution in [1.82, 2.24) is 9.97 Å². The zero-order valence-corrected chi connectivity index (χ0v) is 10.2. The summed E-state index contributed by atoms with van der Waals surface area (Å²) in [5, 5.41) is 10.2. The third-order valence-electron chi connectivity index (χ3n) is 3.13. The molecule has 0 amide bonds. The Balaban J connectivity index is 2.09. The molecule has 3 N–H and O–H groups in total. The molecule has 0 spiro atoms. The highest BCUT2D eigenvalue weighted by Gasteiger charge is 2.18. The van der Waals surface area contributed by atoms with Crippen LogP contribution in [0.2, 0.25) is 0 Å². The molecule has 0 fully saturated rings. The summed E-state index contributed by atoms with van der Waals surface area (Å²) in [6, 6.07) is 8.27. The SMILES string of the molecule is O=c1[nH]c2ccc(C(O)c3cccc(F)c3F)cc2[nH]1. The third-order valence-corrected chi connectivity index (χ3v) is 3.13. The van der Waals surface area contributed by atoms with Gasteiger partial charge in [-0.25, -0.2) is 13.6 Å². The number of nitrogens with one attached hydrogen (secondary N) is 2. The standard InChI is InChI=1S/C14H10F2N2O2/c15-9-3-1-2-8(12(9)16)13(19)7-4-5-10-11(6-7)18-14(20)17-10/h1-6,13,19H,(H2,17,18,20). The van der Waals surface area contributed by atoms with Gasteiger partial charge in [-0.2, -0.15) is 0 Å². The molecule has 0 saturated carbocycles. The maximum atomic E-state index is 13.7. The van der Waals surface area contributed by atoms with E-state index in [1.54, 1.807) is 12.1 Å². The molecule has 3 rings (SSSR count). The molecule has 0 saturated heterocycles. The van der Waals surface area contributed by atoms with Crippen molar-refractivity contribution in [1.29, 1.82) is 0 Å². The van der Waals surface area contributed by atoms with E-state index in [-0.39, 0.29) is 11.3 Å². The van der Waals surface area contributed by atoms with Gasteiger partial charge in [-0.05, 0) is 23.8 Å². The van der Waals surface area contributed by atoms with Gasteiger partial charge in [-0.15, -0.1) is 0 Å². The van der Waals surface area contributed by atoms with Crippen LogP contribution in [0, 0.1) is 11.6 Å². The highest BCUT2D eigenvalue weighted by Crippen LogP contribution is 2.26. The lowest BCUT2D eigenvalue weighted by atomic mass is 10.0. The Morgan fingerprint density at radius 1 is 1.05 bits per heavy atom. The highest BCUT2D eigenvalue weighted by atomic mass is 19.2. The highest BCUT2D eigenvalue weighted by molar-refractivity contribution is 5.75. The molecule has 1 unspecified atom stereocenters. The van der Waals surface area contributed by atoms with Gasteiger partial charge in [0.25, 0.3) is 0 Å². The van der Waals surface area contributed by atoms with Gasteiger partial charge < -0.3 is 15.1 Å². The number of fused-ring (bicyclic) bond motifs is 1. The molecule has 4 nitrogen and oxygen atoms in total. The molecule has 1 aromatic heterocycles. The minimum Gasteiger partial charge on any atom is -0.384 e. The summed E-state index contributed by atoms with van der Waals surface area (Å²) in [7, 11) is 0. The molecule has 6 heteroatoms. The second-order valence-corrected chi connectivity index (χ2v) is 4.43. The fraction of sp³-hybridized carbons (Fsp3) is 0.0714. The van der Waals surface area contributed by atoms with Crippen LogP contribution in [-0.4, -0.2) is 15.1 Å². The summed E-state index contributed by atoms with van der Waals surface area (Å²) in [5.74, 6) is -2.10. The Labute approximate surface area is 111 Å². The van der Waals surface area contributed by atoms with Crippen LogP contribution in [0.25, 0.3) is 11.0 Å². The lowest BCUT2D eigenvalue weighted by Gasteiger charge is -2.12. The van der Waals surface area contributed by atoms with Crippen LogP contribution in [0.3, 0.4) is 0 Å². The van der Waals surface area contributed by atoms with Gasteiger partial charge in [0, 0.05) is 5.56 Å². The number of hydrogen-bond donors (Lipinski definition) is 3. The van der Waals surface area contributed by atoms with Crippen LogP contribution in [-0.2, 0) is 0 Å². The molecular weight excluding hydrogens is 266 g/mol. The normalized spacial score (nSPS) is 12.8. The van der Waals surface area contributed by atoms with E-state index in [4.69, 9.17) is 0 Å². The van der Waals surface area contributed by atoms with Crippen LogP contribution in [0.15, 0.2) is 41.2 Å². The van der Waals surface area contributed by atoms with Crippen LogP contribution in [0.5, 0.6) is 0 Å². The van der Waals surface area contributed by atoms with Crippen LogP contribution in [0.4, 0.5) is 8.78 Å². The predicted octanol–water partition coefficient (Wildman–Crippen LogP) is 2.22. The topological polar surface area (TPSA) is 68.9 Å². The molecule has 102 valence electrons. The van der Waals surface area contributed by atoms with E-state index < -0.39 is 17.7 Å². The molecule has 20 heavy (non-hydrogen) atoms. The fourth-order valence-electron chi connectivity index (χ4n) is 2.13. The number of imidazole rings is 1. The van der Waals surface area contributed by atoms with Crippen LogP contribution >= 0.6 is 0 Å². The van der Waals surface area contributed by atoms with Crippen LogP contribution < -0.4 is 5.69 Å². The van der Waals surface area contributed by atoms with Crippen LogP contribution in [0.1, 0.15) is 17.2 Å². The van der Waals surface area contributed by atoms with Gasteiger partial charge in [-0.1, -0.05) is 18.2 Å². The van der Waals surface area contributed by atoms with Gasteiger partial charge >= 0.3 is 5.69 Å². The van der Waals surface area contributed by atoms with Crippen molar-refractivity contribution >= 4 is 11.0 Å². The van der Waals surface area contributed by atoms with Gasteiger partial charge in [0.1, 0.15) is 6.10 Å². The minimum absolute atomic E-state index is 0.151. The monoisotopic (exact) mass is 276 g/mol. The van der Waals surface area contributed by atoms with Gasteiger partial charge in [0.05, 0.1) is 11.0 Å². The molecule has 1 atom stereocenters. The number of aromatic nitrogens is 2. The number of halogens is 2. The first-order valence-corrected chi connectivity index (χ1v) is 5.90. The number of benzene rings is 2. The van der Waals surface area contributed by atoms with E-state index in [2.05, 4.69) is 9.97 Å². The molecule has 0 aliphatic carbocycles. The summed E-state index contributed by atoms with van der Waals surface area (Å²) in [4.78, 5) is 16.3. The van der Waals surface area contributed by atoms with E-state index in [0.717, 1.165) is 6.07 Å². The first-order chi connectivity index (χ1) is 9.56. The number of aliphatic hydroxyl groups is 1. The van der Waals surface area contributed by atoms with Crippen molar-refractivity contribution in [2.45, 2.75) is 6.10 Å². The number of H-pyrrole nitrogens is 2. The van der Waals surface area contributed by atoms with E-state index in [9.17, 15) is 18.7 Å². The lowest BCUT2D eigenvalue weighted by molar-refractivity contribution is 0.213. The Morgan fingerprint density at radius 3 is 2.60 bits per heavy atom. The van der Waals surface area contributed by atoms with Gasteiger partial charge in [0.2, 0.25) is 0 Å². The molecular formula is C14H10F2N2O2. The molecule has 0 bridgehead atoms. The number of rotatable bonds is 2. The average Bonchev–Trinajstić information content (AvgIpc) is 2.80. The summed E-state index contributed by atoms with van der Waals surface area (Å²) >= 11 is 0. The first-order valence-electron chi connectivity index (χ1n) is 5.90. The van der Waals surface area contributed by atoms with E-state index in [1.165, 1.54) is 18.2 Å². The minimum atomic E-state index is -1.31. The first kappa shape index (κ1) is 12.6. The zero-order valence-electron chi connectivity index (χ0n) is 10.2. The number of aliphatic hydroxyl groups excluding tert-OH is 1. The number of aromatic amines is 2. The van der Waals surface area contributed by atoms with E-state index >= 15 is 0 Å². The average molecular weight is 276 g/mol. The number of hydrogen-bond acceptors (Lipinski definition) is 2. The van der Waals surface area contributed by atoms with Gasteiger partial charge in [0.15, 0.2) is 11.6 Å². The molecule has 1 heterocycles. The summed E-state index contributed by atoms with van der Waals surface area (Å²) in [6.45, 7) is 0. The molecule has 0 aliphatic rings. The largest absolute Gasteiger partial charge is 0.384 e. The summed E-state index contributed by atoms with van der Waals surface area (Å²) < 4.78 is 26.8. The maximum absolute atomic E-state index is 13.7. The van der Waals surface area contributed by atoms with E-state index in [1.807, 2.05) is 0 Å². The Kier molecular flexibility index (Phi) is 2.87. The summed E-state index contributed by atoms with van der Waals surface area (Å²) in [6.07, 6.45) is -1.31. The predicted molar refractivity (Wildman–Crippen MR) is 69.3 cm³/mol. The van der Waals surface area contributed by atoms with Crippen molar-refractivity contribution < 1.29 is 13.9 Å². The van der Waals surface area contributed by atoms with Crippen molar-refractivity contribution in [3.63, 3.8) is 0 Å². The third kappa shape index (κ3) is 2.00. The lowest BCUT2D eigenvalue weighted by Crippen LogP contribution is -2.04. The zero-order chi connectivity index (χ0) is 14.3. The molecule has 2 aromatic carbocycles. The quantitative estimate of drug-likeness (QED) is 0.671. The Morgan fingerprint density at radius 2 is 1.80 bits per heavy atom. The molecule has 3 aromatic rings. The smallest absolute Gasteiger partial charge is 0.323 e. The summed E-state index contributed by atoms with van der Waals surface area (Å²) in [5.41, 5.74) is 0.900. The molecule has 0 aliphatic heterocycles. The maximum Gasteiger partial charge on any atom is 0.323 e.